The van der Waals surface area contributed by atoms with Gasteiger partial charge in [-0.05, 0) is 26.7 Å². The van der Waals surface area contributed by atoms with Crippen LogP contribution in [-0.2, 0) is 4.79 Å². The molecule has 0 fully saturated rings. The summed E-state index contributed by atoms with van der Waals surface area (Å²) in [4.78, 5) is 11.5. The molecule has 0 spiro atoms. The molecule has 3 nitrogen and oxygen atoms in total. The Morgan fingerprint density at radius 3 is 2.31 bits per heavy atom. The zero-order valence-electron chi connectivity index (χ0n) is 8.60. The van der Waals surface area contributed by atoms with Crippen molar-refractivity contribution >= 4 is 21.8 Å². The van der Waals surface area contributed by atoms with Gasteiger partial charge in [-0.15, -0.1) is 0 Å². The summed E-state index contributed by atoms with van der Waals surface area (Å²) in [6, 6.07) is -0.00525. The number of halogens is 1. The van der Waals surface area contributed by atoms with Crippen LogP contribution in [0.2, 0.25) is 0 Å². The van der Waals surface area contributed by atoms with Crippen LogP contribution in [0.25, 0.3) is 0 Å². The largest absolute Gasteiger partial charge is 0.396 e. The highest BCUT2D eigenvalue weighted by atomic mass is 79.9. The highest BCUT2D eigenvalue weighted by Crippen LogP contribution is 2.16. The van der Waals surface area contributed by atoms with E-state index in [0.717, 1.165) is 0 Å². The van der Waals surface area contributed by atoms with Crippen molar-refractivity contribution in [3.05, 3.63) is 0 Å². The molecule has 0 aliphatic rings. The maximum atomic E-state index is 11.5. The van der Waals surface area contributed by atoms with Crippen molar-refractivity contribution in [1.82, 2.24) is 5.32 Å². The van der Waals surface area contributed by atoms with Gasteiger partial charge in [-0.2, -0.15) is 0 Å². The van der Waals surface area contributed by atoms with E-state index in [1.165, 1.54) is 0 Å². The van der Waals surface area contributed by atoms with Gasteiger partial charge in [0.05, 0.1) is 4.32 Å². The van der Waals surface area contributed by atoms with Crippen LogP contribution in [0.5, 0.6) is 0 Å². The van der Waals surface area contributed by atoms with Gasteiger partial charge in [-0.1, -0.05) is 22.9 Å². The SMILES string of the molecule is CC(CO)C(C)NC(=O)C(C)(C)Br. The summed E-state index contributed by atoms with van der Waals surface area (Å²) >= 11 is 3.27. The van der Waals surface area contributed by atoms with Crippen LogP contribution < -0.4 is 5.32 Å². The molecule has 0 aromatic carbocycles. The van der Waals surface area contributed by atoms with Gasteiger partial charge in [0.1, 0.15) is 0 Å². The molecule has 2 atom stereocenters. The number of amides is 1. The third-order valence-corrected chi connectivity index (χ3v) is 2.40. The summed E-state index contributed by atoms with van der Waals surface area (Å²) in [7, 11) is 0. The Labute approximate surface area is 88.0 Å². The van der Waals surface area contributed by atoms with Gasteiger partial charge in [0, 0.05) is 12.6 Å². The average Bonchev–Trinajstić information content (AvgIpc) is 2.01. The summed E-state index contributed by atoms with van der Waals surface area (Å²) in [6.45, 7) is 7.45. The standard InChI is InChI=1S/C9H18BrNO2/c1-6(5-12)7(2)11-8(13)9(3,4)10/h6-7,12H,5H2,1-4H3,(H,11,13). The maximum Gasteiger partial charge on any atom is 0.236 e. The predicted molar refractivity (Wildman–Crippen MR) is 56.9 cm³/mol. The number of hydrogen-bond acceptors (Lipinski definition) is 2. The highest BCUT2D eigenvalue weighted by Gasteiger charge is 2.25. The lowest BCUT2D eigenvalue weighted by molar-refractivity contribution is -0.123. The first-order valence-corrected chi connectivity index (χ1v) is 5.19. The van der Waals surface area contributed by atoms with Gasteiger partial charge in [0.15, 0.2) is 0 Å². The van der Waals surface area contributed by atoms with Crippen molar-refractivity contribution in [2.24, 2.45) is 5.92 Å². The van der Waals surface area contributed by atoms with Crippen molar-refractivity contribution in [3.8, 4) is 0 Å². The summed E-state index contributed by atoms with van der Waals surface area (Å²) in [5, 5.41) is 11.7. The third kappa shape index (κ3) is 4.62. The number of carbonyl (C=O) groups excluding carboxylic acids is 1. The van der Waals surface area contributed by atoms with E-state index in [2.05, 4.69) is 21.2 Å². The van der Waals surface area contributed by atoms with E-state index in [9.17, 15) is 4.79 Å². The van der Waals surface area contributed by atoms with Crippen LogP contribution in [0, 0.1) is 5.92 Å². The van der Waals surface area contributed by atoms with Crippen LogP contribution in [0.4, 0.5) is 0 Å². The molecule has 2 unspecified atom stereocenters. The normalized spacial score (nSPS) is 16.5. The van der Waals surface area contributed by atoms with Crippen LogP contribution in [-0.4, -0.2) is 28.0 Å². The molecule has 4 heteroatoms. The summed E-state index contributed by atoms with van der Waals surface area (Å²) in [5.74, 6) is 0.0269. The van der Waals surface area contributed by atoms with Gasteiger partial charge in [0.25, 0.3) is 0 Å². The smallest absolute Gasteiger partial charge is 0.236 e. The van der Waals surface area contributed by atoms with Crippen molar-refractivity contribution in [2.75, 3.05) is 6.61 Å². The molecule has 0 bridgehead atoms. The Hall–Kier alpha value is -0.0900. The molecule has 1 amide bonds. The molecule has 2 N–H and O–H groups in total. The molecule has 0 rings (SSSR count). The molecule has 0 aromatic rings. The van der Waals surface area contributed by atoms with Gasteiger partial charge >= 0.3 is 0 Å². The minimum Gasteiger partial charge on any atom is -0.396 e. The Morgan fingerprint density at radius 1 is 1.54 bits per heavy atom. The first-order chi connectivity index (χ1) is 5.79. The number of aliphatic hydroxyl groups is 1. The molecular formula is C9H18BrNO2. The van der Waals surface area contributed by atoms with Crippen LogP contribution in [0.1, 0.15) is 27.7 Å². The first-order valence-electron chi connectivity index (χ1n) is 4.39. The van der Waals surface area contributed by atoms with E-state index in [0.29, 0.717) is 0 Å². The second-order valence-corrected chi connectivity index (χ2v) is 5.88. The number of alkyl halides is 1. The van der Waals surface area contributed by atoms with Crippen molar-refractivity contribution in [1.29, 1.82) is 0 Å². The number of hydrogen-bond donors (Lipinski definition) is 2. The molecule has 0 aliphatic carbocycles. The Morgan fingerprint density at radius 2 is 2.00 bits per heavy atom. The minimum atomic E-state index is -0.545. The Balaban J connectivity index is 4.07. The van der Waals surface area contributed by atoms with Gasteiger partial charge in [-0.25, -0.2) is 0 Å². The van der Waals surface area contributed by atoms with E-state index < -0.39 is 4.32 Å². The van der Waals surface area contributed by atoms with Crippen LogP contribution in [0.3, 0.4) is 0 Å². The summed E-state index contributed by atoms with van der Waals surface area (Å²) in [6.07, 6.45) is 0. The molecule has 0 saturated carbocycles. The van der Waals surface area contributed by atoms with Crippen molar-refractivity contribution < 1.29 is 9.90 Å². The van der Waals surface area contributed by atoms with E-state index >= 15 is 0 Å². The zero-order chi connectivity index (χ0) is 10.6. The second kappa shape index (κ2) is 4.96. The summed E-state index contributed by atoms with van der Waals surface area (Å²) in [5.41, 5.74) is 0. The van der Waals surface area contributed by atoms with E-state index in [1.54, 1.807) is 13.8 Å². The topological polar surface area (TPSA) is 49.3 Å². The third-order valence-electron chi connectivity index (χ3n) is 2.04. The maximum absolute atomic E-state index is 11.5. The lowest BCUT2D eigenvalue weighted by Gasteiger charge is -2.23. The molecule has 13 heavy (non-hydrogen) atoms. The fraction of sp³-hybridized carbons (Fsp3) is 0.889. The summed E-state index contributed by atoms with van der Waals surface area (Å²) < 4.78 is -0.545. The van der Waals surface area contributed by atoms with E-state index in [4.69, 9.17) is 5.11 Å². The van der Waals surface area contributed by atoms with Crippen molar-refractivity contribution in [2.45, 2.75) is 38.1 Å². The number of aliphatic hydroxyl groups excluding tert-OH is 1. The van der Waals surface area contributed by atoms with Gasteiger partial charge in [0.2, 0.25) is 5.91 Å². The monoisotopic (exact) mass is 251 g/mol. The number of carbonyl (C=O) groups is 1. The molecule has 0 radical (unpaired) electrons. The second-order valence-electron chi connectivity index (χ2n) is 3.89. The van der Waals surface area contributed by atoms with Crippen molar-refractivity contribution in [3.63, 3.8) is 0 Å². The lowest BCUT2D eigenvalue weighted by Crippen LogP contribution is -2.45. The molecule has 0 saturated heterocycles. The molecular weight excluding hydrogens is 234 g/mol. The van der Waals surface area contributed by atoms with E-state index in [-0.39, 0.29) is 24.5 Å². The molecule has 0 aliphatic heterocycles. The Bertz CT molecular complexity index is 177. The fourth-order valence-electron chi connectivity index (χ4n) is 0.679. The van der Waals surface area contributed by atoms with Crippen LogP contribution >= 0.6 is 15.9 Å². The average molecular weight is 252 g/mol. The highest BCUT2D eigenvalue weighted by molar-refractivity contribution is 9.10. The lowest BCUT2D eigenvalue weighted by atomic mass is 10.0. The van der Waals surface area contributed by atoms with E-state index in [1.807, 2.05) is 13.8 Å². The predicted octanol–water partition coefficient (Wildman–Crippen LogP) is 1.29. The molecule has 0 aromatic heterocycles. The van der Waals surface area contributed by atoms with Gasteiger partial charge in [-0.3, -0.25) is 4.79 Å². The minimum absolute atomic E-state index is 0.00525. The number of rotatable bonds is 4. The van der Waals surface area contributed by atoms with Crippen LogP contribution in [0.15, 0.2) is 0 Å². The first kappa shape index (κ1) is 12.9. The fourth-order valence-corrected chi connectivity index (χ4v) is 0.793. The number of nitrogens with one attached hydrogen (secondary N) is 1. The Kier molecular flexibility index (Phi) is 4.92. The zero-order valence-corrected chi connectivity index (χ0v) is 10.2. The quantitative estimate of drug-likeness (QED) is 0.741. The molecule has 0 heterocycles. The van der Waals surface area contributed by atoms with Gasteiger partial charge < -0.3 is 10.4 Å². The molecule has 78 valence electrons.